The van der Waals surface area contributed by atoms with Gasteiger partial charge in [-0.3, -0.25) is 13.9 Å². The number of hydrogen-bond donors (Lipinski definition) is 1. The second-order valence-corrected chi connectivity index (χ2v) is 11.7. The minimum Gasteiger partial charge on any atom is -0.352 e. The monoisotopic (exact) mass is 569 g/mol. The van der Waals surface area contributed by atoms with E-state index in [1.165, 1.54) is 17.0 Å². The van der Waals surface area contributed by atoms with Crippen LogP contribution in [0.5, 0.6) is 0 Å². The van der Waals surface area contributed by atoms with Crippen LogP contribution in [0.15, 0.2) is 89.8 Å². The average molecular weight is 570 g/mol. The Morgan fingerprint density at radius 2 is 1.46 bits per heavy atom. The third kappa shape index (κ3) is 8.07. The van der Waals surface area contributed by atoms with Crippen LogP contribution >= 0.6 is 11.6 Å². The van der Waals surface area contributed by atoms with E-state index in [-0.39, 0.29) is 23.4 Å². The molecule has 0 bridgehead atoms. The molecule has 3 aromatic rings. The van der Waals surface area contributed by atoms with Crippen molar-refractivity contribution in [3.05, 3.63) is 95.5 Å². The molecule has 0 saturated carbocycles. The number of hydrogen-bond acceptors (Lipinski definition) is 4. The summed E-state index contributed by atoms with van der Waals surface area (Å²) in [5.41, 5.74) is 1.32. The fourth-order valence-corrected chi connectivity index (χ4v) is 5.75. The van der Waals surface area contributed by atoms with Gasteiger partial charge in [0.2, 0.25) is 11.8 Å². The topological polar surface area (TPSA) is 86.8 Å². The number of anilines is 1. The Morgan fingerprint density at radius 1 is 0.872 bits per heavy atom. The Balaban J connectivity index is 1.99. The van der Waals surface area contributed by atoms with Crippen LogP contribution in [0, 0.1) is 0 Å². The number of nitrogens with zero attached hydrogens (tertiary/aromatic N) is 2. The Kier molecular flexibility index (Phi) is 10.9. The summed E-state index contributed by atoms with van der Waals surface area (Å²) in [5, 5.41) is 3.43. The lowest BCUT2D eigenvalue weighted by atomic mass is 10.1. The van der Waals surface area contributed by atoms with Crippen LogP contribution in [0.2, 0.25) is 5.02 Å². The summed E-state index contributed by atoms with van der Waals surface area (Å²) in [4.78, 5) is 28.8. The first-order valence-corrected chi connectivity index (χ1v) is 15.0. The zero-order valence-corrected chi connectivity index (χ0v) is 24.2. The third-order valence-corrected chi connectivity index (χ3v) is 8.64. The Labute approximate surface area is 236 Å². The van der Waals surface area contributed by atoms with Gasteiger partial charge in [0, 0.05) is 17.6 Å². The maximum atomic E-state index is 14.0. The largest absolute Gasteiger partial charge is 0.352 e. The molecule has 0 aliphatic rings. The van der Waals surface area contributed by atoms with E-state index < -0.39 is 28.5 Å². The van der Waals surface area contributed by atoms with Crippen molar-refractivity contribution in [2.75, 3.05) is 17.4 Å². The molecule has 2 atom stereocenters. The van der Waals surface area contributed by atoms with E-state index in [2.05, 4.69) is 5.32 Å². The van der Waals surface area contributed by atoms with Crippen LogP contribution in [-0.4, -0.2) is 50.3 Å². The first-order valence-electron chi connectivity index (χ1n) is 13.1. The number of amides is 2. The fraction of sp³-hybridized carbons (Fsp3) is 0.333. The van der Waals surface area contributed by atoms with Crippen molar-refractivity contribution in [2.45, 2.75) is 57.0 Å². The van der Waals surface area contributed by atoms with Gasteiger partial charge in [-0.05, 0) is 68.1 Å². The number of carbonyl (C=O) groups excluding carboxylic acids is 2. The molecule has 0 aromatic heterocycles. The molecule has 2 amide bonds. The molecule has 1 N–H and O–H groups in total. The molecular weight excluding hydrogens is 534 g/mol. The second-order valence-electron chi connectivity index (χ2n) is 9.37. The smallest absolute Gasteiger partial charge is 0.264 e. The van der Waals surface area contributed by atoms with Crippen molar-refractivity contribution >= 4 is 39.1 Å². The van der Waals surface area contributed by atoms with Crippen molar-refractivity contribution in [3.63, 3.8) is 0 Å². The highest BCUT2D eigenvalue weighted by Gasteiger charge is 2.33. The fourth-order valence-electron chi connectivity index (χ4n) is 4.19. The minimum atomic E-state index is -4.10. The average Bonchev–Trinajstić information content (AvgIpc) is 2.95. The molecule has 39 heavy (non-hydrogen) atoms. The van der Waals surface area contributed by atoms with Crippen LogP contribution in [0.3, 0.4) is 0 Å². The van der Waals surface area contributed by atoms with Crippen LogP contribution in [0.1, 0.15) is 39.2 Å². The van der Waals surface area contributed by atoms with Gasteiger partial charge in [-0.25, -0.2) is 8.42 Å². The van der Waals surface area contributed by atoms with E-state index in [4.69, 9.17) is 11.6 Å². The van der Waals surface area contributed by atoms with E-state index in [0.29, 0.717) is 23.6 Å². The molecule has 0 saturated heterocycles. The highest BCUT2D eigenvalue weighted by atomic mass is 35.5. The Bertz CT molecular complexity index is 1320. The number of sulfonamides is 1. The zero-order valence-electron chi connectivity index (χ0n) is 22.6. The number of benzene rings is 3. The summed E-state index contributed by atoms with van der Waals surface area (Å²) in [7, 11) is -4.10. The van der Waals surface area contributed by atoms with Crippen LogP contribution in [0.4, 0.5) is 5.69 Å². The molecule has 0 heterocycles. The van der Waals surface area contributed by atoms with Crippen LogP contribution in [0.25, 0.3) is 0 Å². The van der Waals surface area contributed by atoms with Crippen molar-refractivity contribution in [3.8, 4) is 0 Å². The summed E-state index contributed by atoms with van der Waals surface area (Å²) < 4.78 is 28.6. The summed E-state index contributed by atoms with van der Waals surface area (Å²) in [6.45, 7) is 5.52. The molecule has 208 valence electrons. The van der Waals surface area contributed by atoms with Gasteiger partial charge in [0.1, 0.15) is 12.6 Å². The van der Waals surface area contributed by atoms with E-state index in [1.54, 1.807) is 42.5 Å². The lowest BCUT2D eigenvalue weighted by Gasteiger charge is -2.33. The number of rotatable bonds is 13. The minimum absolute atomic E-state index is 0.0540. The highest BCUT2D eigenvalue weighted by Crippen LogP contribution is 2.26. The van der Waals surface area contributed by atoms with Gasteiger partial charge in [0.05, 0.1) is 10.6 Å². The van der Waals surface area contributed by atoms with Gasteiger partial charge >= 0.3 is 0 Å². The van der Waals surface area contributed by atoms with Gasteiger partial charge in [-0.2, -0.15) is 0 Å². The summed E-state index contributed by atoms with van der Waals surface area (Å²) in [5.74, 6) is -0.719. The predicted molar refractivity (Wildman–Crippen MR) is 156 cm³/mol. The van der Waals surface area contributed by atoms with Gasteiger partial charge in [0.15, 0.2) is 0 Å². The maximum absolute atomic E-state index is 14.0. The molecule has 9 heteroatoms. The maximum Gasteiger partial charge on any atom is 0.264 e. The van der Waals surface area contributed by atoms with Crippen molar-refractivity contribution in [1.29, 1.82) is 0 Å². The molecule has 3 aromatic carbocycles. The molecule has 0 radical (unpaired) electrons. The SMILES string of the molecule is CC[C@H](C(=O)N[C@@H](C)CC)N(CCc1ccccc1)C(=O)CN(c1ccc(Cl)cc1)S(=O)(=O)c1ccccc1. The van der Waals surface area contributed by atoms with E-state index in [1.807, 2.05) is 51.1 Å². The van der Waals surface area contributed by atoms with Gasteiger partial charge in [-0.15, -0.1) is 0 Å². The highest BCUT2D eigenvalue weighted by molar-refractivity contribution is 7.92. The number of halogens is 1. The van der Waals surface area contributed by atoms with Crippen LogP contribution in [-0.2, 0) is 26.0 Å². The first-order chi connectivity index (χ1) is 18.7. The lowest BCUT2D eigenvalue weighted by molar-refractivity contribution is -0.139. The molecule has 0 aliphatic heterocycles. The summed E-state index contributed by atoms with van der Waals surface area (Å²) >= 11 is 6.06. The quantitative estimate of drug-likeness (QED) is 0.303. The van der Waals surface area contributed by atoms with E-state index >= 15 is 0 Å². The van der Waals surface area contributed by atoms with Crippen molar-refractivity contribution in [2.24, 2.45) is 0 Å². The second kappa shape index (κ2) is 14.1. The molecule has 3 rings (SSSR count). The normalized spacial score (nSPS) is 12.8. The predicted octanol–water partition coefficient (Wildman–Crippen LogP) is 5.30. The van der Waals surface area contributed by atoms with Gasteiger partial charge in [-0.1, -0.05) is 74.0 Å². The van der Waals surface area contributed by atoms with Gasteiger partial charge in [0.25, 0.3) is 10.0 Å². The van der Waals surface area contributed by atoms with Gasteiger partial charge < -0.3 is 10.2 Å². The summed E-state index contributed by atoms with van der Waals surface area (Å²) in [6.07, 6.45) is 1.65. The molecular formula is C30H36ClN3O4S. The Hall–Kier alpha value is -3.36. The van der Waals surface area contributed by atoms with Crippen molar-refractivity contribution in [1.82, 2.24) is 10.2 Å². The Morgan fingerprint density at radius 3 is 2.03 bits per heavy atom. The van der Waals surface area contributed by atoms with E-state index in [9.17, 15) is 18.0 Å². The lowest BCUT2D eigenvalue weighted by Crippen LogP contribution is -2.54. The van der Waals surface area contributed by atoms with Crippen molar-refractivity contribution < 1.29 is 18.0 Å². The molecule has 0 unspecified atom stereocenters. The third-order valence-electron chi connectivity index (χ3n) is 6.60. The van der Waals surface area contributed by atoms with E-state index in [0.717, 1.165) is 16.3 Å². The first kappa shape index (κ1) is 30.2. The molecule has 7 nitrogen and oxygen atoms in total. The zero-order chi connectivity index (χ0) is 28.4. The number of carbonyl (C=O) groups is 2. The molecule has 0 aliphatic carbocycles. The number of nitrogens with one attached hydrogen (secondary N) is 1. The standard InChI is InChI=1S/C30H36ClN3O4S/c1-4-23(3)32-30(36)28(5-2)33(21-20-24-12-8-6-9-13-24)29(35)22-34(26-18-16-25(31)17-19-26)39(37,38)27-14-10-7-11-15-27/h6-19,23,28H,4-5,20-22H2,1-3H3,(H,32,36)/t23-,28+/m0/s1. The molecule has 0 fully saturated rings. The van der Waals surface area contributed by atoms with Crippen LogP contribution < -0.4 is 9.62 Å². The summed E-state index contributed by atoms with van der Waals surface area (Å²) in [6, 6.07) is 23.1. The molecule has 0 spiro atoms.